The number of carbonyl (C=O) groups excluding carboxylic acids is 1. The van der Waals surface area contributed by atoms with Crippen molar-refractivity contribution in [3.05, 3.63) is 0 Å². The van der Waals surface area contributed by atoms with Crippen molar-refractivity contribution in [2.75, 3.05) is 19.8 Å². The van der Waals surface area contributed by atoms with Gasteiger partial charge in [0.1, 0.15) is 0 Å². The number of hydrogen-bond acceptors (Lipinski definition) is 4. The van der Waals surface area contributed by atoms with Gasteiger partial charge in [-0.2, -0.15) is 0 Å². The lowest BCUT2D eigenvalue weighted by Gasteiger charge is -2.21. The van der Waals surface area contributed by atoms with Gasteiger partial charge in [0.25, 0.3) is 0 Å². The molecular weight excluding hydrogens is 188 g/mol. The van der Waals surface area contributed by atoms with Crippen molar-refractivity contribution < 1.29 is 24.2 Å². The van der Waals surface area contributed by atoms with Gasteiger partial charge in [0, 0.05) is 6.61 Å². The quantitative estimate of drug-likeness (QED) is 0.508. The molecule has 5 heteroatoms. The van der Waals surface area contributed by atoms with Crippen LogP contribution >= 0.6 is 0 Å². The fraction of sp³-hybridized carbons (Fsp3) is 0.778. The molecule has 0 amide bonds. The largest absolute Gasteiger partial charge is 0.480 e. The number of ether oxygens (including phenoxy) is 2. The molecule has 0 fully saturated rings. The van der Waals surface area contributed by atoms with Crippen LogP contribution in [0.3, 0.4) is 0 Å². The summed E-state index contributed by atoms with van der Waals surface area (Å²) in [5.74, 6) is -2.00. The third kappa shape index (κ3) is 2.99. The third-order valence-electron chi connectivity index (χ3n) is 1.79. The molecule has 0 aliphatic rings. The number of carbonyl (C=O) groups is 2. The van der Waals surface area contributed by atoms with E-state index in [4.69, 9.17) is 9.84 Å². The molecule has 0 aromatic heterocycles. The summed E-state index contributed by atoms with van der Waals surface area (Å²) in [7, 11) is 0. The number of carboxylic acid groups (broad SMARTS) is 1. The second-order valence-electron chi connectivity index (χ2n) is 2.99. The van der Waals surface area contributed by atoms with Gasteiger partial charge in [0.2, 0.25) is 0 Å². The standard InChI is InChI=1S/C9H16O5/c1-4-13-6-9(3,7(10)11)8(12)14-5-2/h4-6H2,1-3H3,(H,10,11). The molecule has 82 valence electrons. The van der Waals surface area contributed by atoms with Gasteiger partial charge in [-0.05, 0) is 20.8 Å². The summed E-state index contributed by atoms with van der Waals surface area (Å²) in [6.45, 7) is 5.00. The van der Waals surface area contributed by atoms with E-state index in [1.807, 2.05) is 0 Å². The third-order valence-corrected chi connectivity index (χ3v) is 1.79. The van der Waals surface area contributed by atoms with E-state index in [9.17, 15) is 9.59 Å². The van der Waals surface area contributed by atoms with Crippen LogP contribution in [0.5, 0.6) is 0 Å². The first-order valence-electron chi connectivity index (χ1n) is 4.47. The molecule has 0 aliphatic carbocycles. The number of hydrogen-bond donors (Lipinski definition) is 1. The van der Waals surface area contributed by atoms with E-state index in [1.165, 1.54) is 6.92 Å². The second-order valence-corrected chi connectivity index (χ2v) is 2.99. The van der Waals surface area contributed by atoms with Gasteiger partial charge in [-0.3, -0.25) is 9.59 Å². The van der Waals surface area contributed by atoms with Crippen molar-refractivity contribution in [3.63, 3.8) is 0 Å². The van der Waals surface area contributed by atoms with Gasteiger partial charge in [-0.1, -0.05) is 0 Å². The van der Waals surface area contributed by atoms with Crippen molar-refractivity contribution in [1.82, 2.24) is 0 Å². The Bertz CT molecular complexity index is 213. The Morgan fingerprint density at radius 1 is 1.29 bits per heavy atom. The minimum atomic E-state index is -1.61. The second kappa shape index (κ2) is 5.59. The number of rotatable bonds is 6. The highest BCUT2D eigenvalue weighted by atomic mass is 16.5. The zero-order chi connectivity index (χ0) is 11.2. The molecule has 0 aromatic rings. The summed E-state index contributed by atoms with van der Waals surface area (Å²) in [5.41, 5.74) is -1.61. The first-order chi connectivity index (χ1) is 6.49. The molecular formula is C9H16O5. The van der Waals surface area contributed by atoms with Crippen molar-refractivity contribution in [3.8, 4) is 0 Å². The lowest BCUT2D eigenvalue weighted by Crippen LogP contribution is -2.42. The van der Waals surface area contributed by atoms with Crippen LogP contribution in [0.25, 0.3) is 0 Å². The molecule has 1 N–H and O–H groups in total. The van der Waals surface area contributed by atoms with Crippen molar-refractivity contribution in [1.29, 1.82) is 0 Å². The first-order valence-corrected chi connectivity index (χ1v) is 4.47. The van der Waals surface area contributed by atoms with Gasteiger partial charge in [0.05, 0.1) is 13.2 Å². The Kier molecular flexibility index (Phi) is 5.15. The predicted octanol–water partition coefficient (Wildman–Crippen LogP) is 0.677. The van der Waals surface area contributed by atoms with E-state index in [0.717, 1.165) is 0 Å². The highest BCUT2D eigenvalue weighted by molar-refractivity contribution is 5.98. The molecule has 0 rings (SSSR count). The van der Waals surface area contributed by atoms with E-state index >= 15 is 0 Å². The number of aliphatic carboxylic acids is 1. The highest BCUT2D eigenvalue weighted by Gasteiger charge is 2.43. The normalized spacial score (nSPS) is 14.5. The fourth-order valence-corrected chi connectivity index (χ4v) is 0.805. The molecule has 0 bridgehead atoms. The zero-order valence-corrected chi connectivity index (χ0v) is 8.70. The first kappa shape index (κ1) is 12.9. The summed E-state index contributed by atoms with van der Waals surface area (Å²) in [6.07, 6.45) is 0. The molecule has 0 saturated carbocycles. The van der Waals surface area contributed by atoms with Crippen LogP contribution in [0.1, 0.15) is 20.8 Å². The van der Waals surface area contributed by atoms with E-state index in [0.29, 0.717) is 6.61 Å². The van der Waals surface area contributed by atoms with Crippen LogP contribution in [0, 0.1) is 5.41 Å². The number of carboxylic acids is 1. The minimum absolute atomic E-state index is 0.161. The molecule has 14 heavy (non-hydrogen) atoms. The van der Waals surface area contributed by atoms with Gasteiger partial charge >= 0.3 is 11.9 Å². The molecule has 1 unspecified atom stereocenters. The Labute approximate surface area is 83.0 Å². The maximum absolute atomic E-state index is 11.3. The van der Waals surface area contributed by atoms with Crippen molar-refractivity contribution in [2.45, 2.75) is 20.8 Å². The Hall–Kier alpha value is -1.10. The van der Waals surface area contributed by atoms with Crippen LogP contribution in [0.4, 0.5) is 0 Å². The van der Waals surface area contributed by atoms with Crippen LogP contribution in [-0.2, 0) is 19.1 Å². The van der Waals surface area contributed by atoms with Gasteiger partial charge in [-0.15, -0.1) is 0 Å². The maximum atomic E-state index is 11.3. The molecule has 0 aromatic carbocycles. The minimum Gasteiger partial charge on any atom is -0.480 e. The van der Waals surface area contributed by atoms with Crippen LogP contribution < -0.4 is 0 Å². The van der Waals surface area contributed by atoms with E-state index in [2.05, 4.69) is 4.74 Å². The summed E-state index contributed by atoms with van der Waals surface area (Å²) in [4.78, 5) is 22.2. The van der Waals surface area contributed by atoms with E-state index in [-0.39, 0.29) is 13.2 Å². The van der Waals surface area contributed by atoms with Gasteiger partial charge < -0.3 is 14.6 Å². The number of esters is 1. The molecule has 0 radical (unpaired) electrons. The van der Waals surface area contributed by atoms with Gasteiger partial charge in [-0.25, -0.2) is 0 Å². The van der Waals surface area contributed by atoms with Crippen molar-refractivity contribution >= 4 is 11.9 Å². The topological polar surface area (TPSA) is 72.8 Å². The molecule has 0 aliphatic heterocycles. The smallest absolute Gasteiger partial charge is 0.325 e. The van der Waals surface area contributed by atoms with Crippen molar-refractivity contribution in [2.24, 2.45) is 5.41 Å². The fourth-order valence-electron chi connectivity index (χ4n) is 0.805. The molecule has 0 saturated heterocycles. The lowest BCUT2D eigenvalue weighted by molar-refractivity contribution is -0.171. The molecule has 0 spiro atoms. The van der Waals surface area contributed by atoms with Crippen LogP contribution in [0.2, 0.25) is 0 Å². The zero-order valence-electron chi connectivity index (χ0n) is 8.70. The summed E-state index contributed by atoms with van der Waals surface area (Å²) < 4.78 is 9.61. The maximum Gasteiger partial charge on any atom is 0.325 e. The monoisotopic (exact) mass is 204 g/mol. The Morgan fingerprint density at radius 2 is 1.86 bits per heavy atom. The van der Waals surface area contributed by atoms with E-state index in [1.54, 1.807) is 13.8 Å². The molecule has 5 nitrogen and oxygen atoms in total. The van der Waals surface area contributed by atoms with Crippen LogP contribution in [0.15, 0.2) is 0 Å². The summed E-state index contributed by atoms with van der Waals surface area (Å²) in [6, 6.07) is 0. The Morgan fingerprint density at radius 3 is 2.21 bits per heavy atom. The molecule has 1 atom stereocenters. The lowest BCUT2D eigenvalue weighted by atomic mass is 9.92. The Balaban J connectivity index is 4.53. The van der Waals surface area contributed by atoms with Crippen LogP contribution in [-0.4, -0.2) is 36.9 Å². The van der Waals surface area contributed by atoms with Gasteiger partial charge in [0.15, 0.2) is 5.41 Å². The average Bonchev–Trinajstić information content (AvgIpc) is 2.14. The highest BCUT2D eigenvalue weighted by Crippen LogP contribution is 2.19. The van der Waals surface area contributed by atoms with E-state index < -0.39 is 17.4 Å². The average molecular weight is 204 g/mol. The predicted molar refractivity (Wildman–Crippen MR) is 48.9 cm³/mol. The molecule has 0 heterocycles. The SMILES string of the molecule is CCOCC(C)(C(=O)O)C(=O)OCC. The summed E-state index contributed by atoms with van der Waals surface area (Å²) in [5, 5.41) is 8.88. The summed E-state index contributed by atoms with van der Waals surface area (Å²) >= 11 is 0.